The fourth-order valence-corrected chi connectivity index (χ4v) is 0.927. The number of carbonyl (C=O) groups is 1. The van der Waals surface area contributed by atoms with Crippen molar-refractivity contribution in [2.24, 2.45) is 5.84 Å². The van der Waals surface area contributed by atoms with Crippen molar-refractivity contribution in [2.45, 2.75) is 13.5 Å². The molecule has 0 saturated carbocycles. The van der Waals surface area contributed by atoms with Crippen LogP contribution in [0.2, 0.25) is 0 Å². The number of pyridine rings is 1. The van der Waals surface area contributed by atoms with Gasteiger partial charge in [-0.3, -0.25) is 10.4 Å². The molecule has 0 unspecified atom stereocenters. The molecule has 5 heteroatoms. The van der Waals surface area contributed by atoms with E-state index < -0.39 is 6.03 Å². The van der Waals surface area contributed by atoms with Gasteiger partial charge >= 0.3 is 6.03 Å². The van der Waals surface area contributed by atoms with Crippen molar-refractivity contribution in [3.63, 3.8) is 0 Å². The molecule has 0 aromatic carbocycles. The Morgan fingerprint density at radius 2 is 2.46 bits per heavy atom. The lowest BCUT2D eigenvalue weighted by atomic mass is 10.1. The zero-order valence-electron chi connectivity index (χ0n) is 7.37. The van der Waals surface area contributed by atoms with Crippen LogP contribution in [0.25, 0.3) is 0 Å². The monoisotopic (exact) mass is 180 g/mol. The zero-order valence-corrected chi connectivity index (χ0v) is 7.37. The van der Waals surface area contributed by atoms with Crippen LogP contribution in [0.15, 0.2) is 18.5 Å². The number of carbonyl (C=O) groups excluding carboxylic acids is 1. The fourth-order valence-electron chi connectivity index (χ4n) is 0.927. The Labute approximate surface area is 76.3 Å². The minimum absolute atomic E-state index is 0.392. The molecule has 5 nitrogen and oxygen atoms in total. The number of hydrazine groups is 1. The van der Waals surface area contributed by atoms with Gasteiger partial charge in [0.15, 0.2) is 0 Å². The van der Waals surface area contributed by atoms with Crippen molar-refractivity contribution >= 4 is 6.03 Å². The van der Waals surface area contributed by atoms with Crippen molar-refractivity contribution in [3.8, 4) is 0 Å². The number of aryl methyl sites for hydroxylation is 1. The summed E-state index contributed by atoms with van der Waals surface area (Å²) < 4.78 is 0. The number of urea groups is 1. The van der Waals surface area contributed by atoms with Crippen LogP contribution in [0.3, 0.4) is 0 Å². The van der Waals surface area contributed by atoms with Gasteiger partial charge in [-0.1, -0.05) is 0 Å². The highest BCUT2D eigenvalue weighted by molar-refractivity contribution is 5.73. The van der Waals surface area contributed by atoms with Gasteiger partial charge in [-0.05, 0) is 24.1 Å². The van der Waals surface area contributed by atoms with E-state index >= 15 is 0 Å². The number of amides is 2. The van der Waals surface area contributed by atoms with Crippen molar-refractivity contribution < 1.29 is 4.79 Å². The molecular formula is C8H12N4O. The van der Waals surface area contributed by atoms with Crippen LogP contribution in [-0.2, 0) is 6.54 Å². The van der Waals surface area contributed by atoms with Crippen LogP contribution in [0.1, 0.15) is 11.1 Å². The summed E-state index contributed by atoms with van der Waals surface area (Å²) in [5.41, 5.74) is 4.06. The van der Waals surface area contributed by atoms with Gasteiger partial charge in [0.05, 0.1) is 0 Å². The van der Waals surface area contributed by atoms with E-state index in [9.17, 15) is 4.79 Å². The molecule has 0 aliphatic carbocycles. The van der Waals surface area contributed by atoms with Gasteiger partial charge in [0.25, 0.3) is 0 Å². The van der Waals surface area contributed by atoms with E-state index in [4.69, 9.17) is 5.84 Å². The molecule has 70 valence electrons. The average Bonchev–Trinajstić information content (AvgIpc) is 2.16. The highest BCUT2D eigenvalue weighted by atomic mass is 16.2. The van der Waals surface area contributed by atoms with Gasteiger partial charge in [0.2, 0.25) is 0 Å². The Hall–Kier alpha value is -1.62. The van der Waals surface area contributed by atoms with Gasteiger partial charge in [-0.25, -0.2) is 10.6 Å². The van der Waals surface area contributed by atoms with E-state index in [0.29, 0.717) is 6.54 Å². The Balaban J connectivity index is 2.54. The largest absolute Gasteiger partial charge is 0.333 e. The normalized spacial score (nSPS) is 9.38. The maximum absolute atomic E-state index is 10.7. The second-order valence-electron chi connectivity index (χ2n) is 2.63. The Bertz CT molecular complexity index is 300. The first-order chi connectivity index (χ1) is 6.24. The lowest BCUT2D eigenvalue weighted by molar-refractivity contribution is 0.241. The summed E-state index contributed by atoms with van der Waals surface area (Å²) in [4.78, 5) is 14.7. The summed E-state index contributed by atoms with van der Waals surface area (Å²) in [7, 11) is 0. The number of aromatic nitrogens is 1. The van der Waals surface area contributed by atoms with E-state index in [1.807, 2.05) is 18.4 Å². The van der Waals surface area contributed by atoms with Gasteiger partial charge in [0.1, 0.15) is 0 Å². The lowest BCUT2D eigenvalue weighted by Crippen LogP contribution is -2.39. The van der Waals surface area contributed by atoms with Crippen LogP contribution in [-0.4, -0.2) is 11.0 Å². The molecule has 4 N–H and O–H groups in total. The smallest absolute Gasteiger partial charge is 0.329 e. The van der Waals surface area contributed by atoms with Gasteiger partial charge < -0.3 is 5.32 Å². The first-order valence-electron chi connectivity index (χ1n) is 3.88. The predicted octanol–water partition coefficient (Wildman–Crippen LogP) is 0.0629. The lowest BCUT2D eigenvalue weighted by Gasteiger charge is -2.05. The number of nitrogens with one attached hydrogen (secondary N) is 2. The number of nitrogens with two attached hydrogens (primary N) is 1. The first kappa shape index (κ1) is 9.47. The Kier molecular flexibility index (Phi) is 3.22. The SMILES string of the molecule is Cc1cnccc1CNC(=O)NN. The van der Waals surface area contributed by atoms with Crippen molar-refractivity contribution in [1.29, 1.82) is 0 Å². The second-order valence-corrected chi connectivity index (χ2v) is 2.63. The van der Waals surface area contributed by atoms with Crippen molar-refractivity contribution in [1.82, 2.24) is 15.7 Å². The molecule has 0 fully saturated rings. The number of hydrogen-bond acceptors (Lipinski definition) is 3. The van der Waals surface area contributed by atoms with E-state index in [2.05, 4.69) is 10.3 Å². The zero-order chi connectivity index (χ0) is 9.68. The number of nitrogens with zero attached hydrogens (tertiary/aromatic N) is 1. The third-order valence-corrected chi connectivity index (χ3v) is 1.71. The topological polar surface area (TPSA) is 80.0 Å². The average molecular weight is 180 g/mol. The number of rotatable bonds is 2. The standard InChI is InChI=1S/C8H12N4O/c1-6-4-10-3-2-7(6)5-11-8(13)12-9/h2-4H,5,9H2,1H3,(H2,11,12,13). The molecule has 1 aromatic rings. The molecule has 0 spiro atoms. The molecule has 1 rings (SSSR count). The molecular weight excluding hydrogens is 168 g/mol. The summed E-state index contributed by atoms with van der Waals surface area (Å²) in [5.74, 6) is 4.90. The van der Waals surface area contributed by atoms with Gasteiger partial charge in [-0.2, -0.15) is 0 Å². The maximum atomic E-state index is 10.7. The van der Waals surface area contributed by atoms with Gasteiger partial charge in [0, 0.05) is 18.9 Å². The highest BCUT2D eigenvalue weighted by Crippen LogP contribution is 2.03. The van der Waals surface area contributed by atoms with E-state index in [0.717, 1.165) is 11.1 Å². The number of hydrogen-bond donors (Lipinski definition) is 3. The molecule has 0 aliphatic heterocycles. The first-order valence-corrected chi connectivity index (χ1v) is 3.88. The minimum Gasteiger partial charge on any atom is -0.333 e. The van der Waals surface area contributed by atoms with Crippen LogP contribution in [0, 0.1) is 6.92 Å². The van der Waals surface area contributed by atoms with E-state index in [1.54, 1.807) is 12.4 Å². The minimum atomic E-state index is -0.392. The summed E-state index contributed by atoms with van der Waals surface area (Å²) in [6.07, 6.45) is 3.43. The molecule has 0 radical (unpaired) electrons. The molecule has 1 heterocycles. The van der Waals surface area contributed by atoms with Crippen LogP contribution in [0.5, 0.6) is 0 Å². The van der Waals surface area contributed by atoms with E-state index in [-0.39, 0.29) is 0 Å². The summed E-state index contributed by atoms with van der Waals surface area (Å²) in [5, 5.41) is 2.59. The van der Waals surface area contributed by atoms with Crippen molar-refractivity contribution in [3.05, 3.63) is 29.6 Å². The summed E-state index contributed by atoms with van der Waals surface area (Å²) >= 11 is 0. The predicted molar refractivity (Wildman–Crippen MR) is 48.5 cm³/mol. The quantitative estimate of drug-likeness (QED) is 0.342. The van der Waals surface area contributed by atoms with Crippen LogP contribution >= 0.6 is 0 Å². The van der Waals surface area contributed by atoms with Crippen molar-refractivity contribution in [2.75, 3.05) is 0 Å². The molecule has 0 atom stereocenters. The maximum Gasteiger partial charge on any atom is 0.329 e. The molecule has 2 amide bonds. The van der Waals surface area contributed by atoms with Crippen LogP contribution < -0.4 is 16.6 Å². The second kappa shape index (κ2) is 4.42. The molecule has 0 bridgehead atoms. The van der Waals surface area contributed by atoms with Crippen LogP contribution in [0.4, 0.5) is 4.79 Å². The third-order valence-electron chi connectivity index (χ3n) is 1.71. The van der Waals surface area contributed by atoms with Gasteiger partial charge in [-0.15, -0.1) is 0 Å². The highest BCUT2D eigenvalue weighted by Gasteiger charge is 1.99. The molecule has 13 heavy (non-hydrogen) atoms. The molecule has 0 aliphatic rings. The Morgan fingerprint density at radius 1 is 1.69 bits per heavy atom. The summed E-state index contributed by atoms with van der Waals surface area (Å²) in [6, 6.07) is 1.46. The van der Waals surface area contributed by atoms with E-state index in [1.165, 1.54) is 0 Å². The molecule has 1 aromatic heterocycles. The third kappa shape index (κ3) is 2.72. The Morgan fingerprint density at radius 3 is 3.08 bits per heavy atom. The molecule has 0 saturated heterocycles. The summed E-state index contributed by atoms with van der Waals surface area (Å²) in [6.45, 7) is 2.39. The fraction of sp³-hybridized carbons (Fsp3) is 0.250.